The van der Waals surface area contributed by atoms with Gasteiger partial charge in [0.15, 0.2) is 0 Å². The van der Waals surface area contributed by atoms with Gasteiger partial charge in [0.1, 0.15) is 0 Å². The quantitative estimate of drug-likeness (QED) is 0.436. The molecule has 1 fully saturated rings. The first kappa shape index (κ1) is 12.6. The summed E-state index contributed by atoms with van der Waals surface area (Å²) in [5, 5.41) is 3.59. The Balaban J connectivity index is 0.00000121. The van der Waals surface area contributed by atoms with Crippen LogP contribution in [0.3, 0.4) is 0 Å². The Bertz CT molecular complexity index is 87.8. The molecule has 0 radical (unpaired) electrons. The Morgan fingerprint density at radius 3 is 2.83 bits per heavy atom. The van der Waals surface area contributed by atoms with E-state index in [1.54, 1.807) is 0 Å². The molecule has 1 unspecified atom stereocenters. The largest absolute Gasteiger partial charge is 1.00 e. The van der Waals surface area contributed by atoms with Crippen molar-refractivity contribution in [2.45, 2.75) is 51.0 Å². The molecule has 1 saturated heterocycles. The first-order valence-corrected chi connectivity index (χ1v) is 4.96. The summed E-state index contributed by atoms with van der Waals surface area (Å²) in [6, 6.07) is 0.805. The Labute approximate surface area is 88.9 Å². The molecule has 1 N–H and O–H groups in total. The average Bonchev–Trinajstić information content (AvgIpc) is 2.28. The summed E-state index contributed by atoms with van der Waals surface area (Å²) < 4.78 is 0. The molecule has 2 heteroatoms. The minimum Gasteiger partial charge on any atom is -0.343 e. The van der Waals surface area contributed by atoms with Crippen molar-refractivity contribution in [3.63, 3.8) is 0 Å². The van der Waals surface area contributed by atoms with Crippen LogP contribution in [0.1, 0.15) is 44.9 Å². The van der Waals surface area contributed by atoms with Gasteiger partial charge in [-0.1, -0.05) is 19.3 Å². The predicted molar refractivity (Wildman–Crippen MR) is 49.5 cm³/mol. The van der Waals surface area contributed by atoms with E-state index in [9.17, 15) is 0 Å². The Morgan fingerprint density at radius 2 is 2.08 bits per heavy atom. The van der Waals surface area contributed by atoms with Crippen molar-refractivity contribution in [2.75, 3.05) is 6.54 Å². The first-order chi connectivity index (χ1) is 5.43. The van der Waals surface area contributed by atoms with Crippen molar-refractivity contribution < 1.29 is 18.9 Å². The van der Waals surface area contributed by atoms with Gasteiger partial charge in [-0.05, 0) is 25.8 Å². The van der Waals surface area contributed by atoms with E-state index in [0.29, 0.717) is 0 Å². The van der Waals surface area contributed by atoms with E-state index in [4.69, 9.17) is 0 Å². The third-order valence-corrected chi connectivity index (χ3v) is 2.46. The monoisotopic (exact) mass is 161 g/mol. The number of nitrogens with one attached hydrogen (secondary N) is 1. The van der Waals surface area contributed by atoms with Crippen LogP contribution in [0.25, 0.3) is 0 Å². The molecule has 0 aliphatic carbocycles. The van der Waals surface area contributed by atoms with Crippen molar-refractivity contribution in [1.82, 2.24) is 5.32 Å². The summed E-state index contributed by atoms with van der Waals surface area (Å²) in [4.78, 5) is 0. The molecule has 0 spiro atoms. The van der Waals surface area contributed by atoms with E-state index < -0.39 is 0 Å². The molecule has 66 valence electrons. The van der Waals surface area contributed by atoms with Crippen molar-refractivity contribution >= 4 is 0 Å². The van der Waals surface area contributed by atoms with E-state index in [2.05, 4.69) is 12.2 Å². The summed E-state index contributed by atoms with van der Waals surface area (Å²) in [6.45, 7) is 5.10. The van der Waals surface area contributed by atoms with Crippen molar-refractivity contribution in [3.05, 3.63) is 6.92 Å². The molecule has 1 atom stereocenters. The van der Waals surface area contributed by atoms with E-state index in [1.807, 2.05) is 0 Å². The van der Waals surface area contributed by atoms with Crippen LogP contribution in [0, 0.1) is 6.92 Å². The van der Waals surface area contributed by atoms with Crippen LogP contribution in [0.5, 0.6) is 0 Å². The predicted octanol–water partition coefficient (Wildman–Crippen LogP) is -0.473. The maximum Gasteiger partial charge on any atom is 1.00 e. The van der Waals surface area contributed by atoms with Crippen LogP contribution < -0.4 is 24.2 Å². The molecule has 1 nitrogen and oxygen atoms in total. The molecule has 0 aromatic carbocycles. The summed E-state index contributed by atoms with van der Waals surface area (Å²) in [5.41, 5.74) is 0. The first-order valence-electron chi connectivity index (χ1n) is 4.96. The maximum absolute atomic E-state index is 3.87. The number of hydrogen-bond acceptors (Lipinski definition) is 1. The number of hydrogen-bond donors (Lipinski definition) is 1. The normalized spacial score (nSPS) is 24.2. The number of rotatable bonds is 3. The van der Waals surface area contributed by atoms with Gasteiger partial charge in [0.05, 0.1) is 0 Å². The fourth-order valence-corrected chi connectivity index (χ4v) is 1.74. The Kier molecular flexibility index (Phi) is 8.55. The van der Waals surface area contributed by atoms with Crippen molar-refractivity contribution in [3.8, 4) is 0 Å². The molecule has 0 saturated carbocycles. The van der Waals surface area contributed by atoms with Gasteiger partial charge in [-0.25, -0.2) is 0 Å². The molecule has 12 heavy (non-hydrogen) atoms. The van der Waals surface area contributed by atoms with Gasteiger partial charge in [-0.15, -0.1) is 0 Å². The van der Waals surface area contributed by atoms with Crippen LogP contribution in [-0.2, 0) is 0 Å². The summed E-state index contributed by atoms with van der Waals surface area (Å²) in [6.07, 6.45) is 9.34. The Hall–Kier alpha value is 0.557. The SMILES string of the molecule is [CH2-]CCCC1CCCCCN1.[Li+]. The molecule has 1 aliphatic heterocycles. The number of unbranched alkanes of at least 4 members (excludes halogenated alkanes) is 1. The van der Waals surface area contributed by atoms with Gasteiger partial charge in [-0.3, -0.25) is 0 Å². The summed E-state index contributed by atoms with van der Waals surface area (Å²) >= 11 is 0. The average molecular weight is 161 g/mol. The fraction of sp³-hybridized carbons (Fsp3) is 0.900. The molecular formula is C10H20LiN. The van der Waals surface area contributed by atoms with Crippen LogP contribution >= 0.6 is 0 Å². The van der Waals surface area contributed by atoms with Gasteiger partial charge in [0, 0.05) is 6.04 Å². The minimum absolute atomic E-state index is 0. The van der Waals surface area contributed by atoms with E-state index in [1.165, 1.54) is 45.1 Å². The maximum atomic E-state index is 3.87. The molecule has 0 aromatic rings. The van der Waals surface area contributed by atoms with Gasteiger partial charge < -0.3 is 12.2 Å². The van der Waals surface area contributed by atoms with E-state index in [-0.39, 0.29) is 18.9 Å². The molecule has 0 aromatic heterocycles. The zero-order valence-electron chi connectivity index (χ0n) is 8.44. The van der Waals surface area contributed by atoms with Crippen LogP contribution in [0.2, 0.25) is 0 Å². The molecule has 1 heterocycles. The fourth-order valence-electron chi connectivity index (χ4n) is 1.74. The zero-order chi connectivity index (χ0) is 7.94. The standard InChI is InChI=1S/C10H20N.Li/c1-2-3-7-10-8-5-4-6-9-11-10;/h10-11H,1-9H2;/q-1;+1. The second-order valence-electron chi connectivity index (χ2n) is 3.50. The molecule has 0 bridgehead atoms. The third-order valence-electron chi connectivity index (χ3n) is 2.46. The van der Waals surface area contributed by atoms with Crippen molar-refractivity contribution in [1.29, 1.82) is 0 Å². The summed E-state index contributed by atoms with van der Waals surface area (Å²) in [5.74, 6) is 0. The van der Waals surface area contributed by atoms with E-state index >= 15 is 0 Å². The van der Waals surface area contributed by atoms with E-state index in [0.717, 1.165) is 12.5 Å². The van der Waals surface area contributed by atoms with Crippen LogP contribution in [0.15, 0.2) is 0 Å². The zero-order valence-corrected chi connectivity index (χ0v) is 8.44. The van der Waals surface area contributed by atoms with Gasteiger partial charge in [0.2, 0.25) is 0 Å². The third kappa shape index (κ3) is 5.25. The molecule has 0 amide bonds. The van der Waals surface area contributed by atoms with Gasteiger partial charge in [-0.2, -0.15) is 6.42 Å². The second-order valence-corrected chi connectivity index (χ2v) is 3.50. The van der Waals surface area contributed by atoms with Gasteiger partial charge >= 0.3 is 18.9 Å². The second kappa shape index (κ2) is 8.17. The minimum atomic E-state index is 0. The molecule has 1 aliphatic rings. The van der Waals surface area contributed by atoms with Crippen LogP contribution in [0.4, 0.5) is 0 Å². The Morgan fingerprint density at radius 1 is 1.25 bits per heavy atom. The smallest absolute Gasteiger partial charge is 0.343 e. The molecular weight excluding hydrogens is 141 g/mol. The van der Waals surface area contributed by atoms with Crippen molar-refractivity contribution in [2.24, 2.45) is 0 Å². The topological polar surface area (TPSA) is 12.0 Å². The van der Waals surface area contributed by atoms with Gasteiger partial charge in [0.25, 0.3) is 0 Å². The van der Waals surface area contributed by atoms with Crippen LogP contribution in [-0.4, -0.2) is 12.6 Å². The molecule has 1 rings (SSSR count). The summed E-state index contributed by atoms with van der Waals surface area (Å²) in [7, 11) is 0.